The van der Waals surface area contributed by atoms with Crippen molar-refractivity contribution in [3.8, 4) is 38.9 Å². The highest BCUT2D eigenvalue weighted by Crippen LogP contribution is 2.46. The molecule has 0 saturated carbocycles. The van der Waals surface area contributed by atoms with Gasteiger partial charge in [-0.05, 0) is 65.7 Å². The highest BCUT2D eigenvalue weighted by Gasteiger charge is 2.23. The summed E-state index contributed by atoms with van der Waals surface area (Å²) in [6, 6.07) is 62.7. The molecule has 6 heteroatoms. The van der Waals surface area contributed by atoms with Crippen LogP contribution in [0.3, 0.4) is 0 Å². The Morgan fingerprint density at radius 3 is 1.79 bits per heavy atom. The van der Waals surface area contributed by atoms with Gasteiger partial charge in [0.1, 0.15) is 10.8 Å². The molecule has 0 aliphatic heterocycles. The van der Waals surface area contributed by atoms with E-state index >= 15 is 0 Å². The van der Waals surface area contributed by atoms with E-state index in [1.54, 1.807) is 11.3 Å². The second-order valence-corrected chi connectivity index (χ2v) is 15.8. The highest BCUT2D eigenvalue weighted by molar-refractivity contribution is 7.22. The fraction of sp³-hybridized carbons (Fsp3) is 0. The number of hydrogen-bond donors (Lipinski definition) is 0. The predicted octanol–water partition coefficient (Wildman–Crippen LogP) is 13.5. The zero-order valence-corrected chi connectivity index (χ0v) is 31.2. The molecule has 57 heavy (non-hydrogen) atoms. The summed E-state index contributed by atoms with van der Waals surface area (Å²) in [6.45, 7) is 0. The maximum absolute atomic E-state index is 5.39. The molecular weight excluding hydrogens is 715 g/mol. The third kappa shape index (κ3) is 4.36. The molecule has 264 valence electrons. The highest BCUT2D eigenvalue weighted by atomic mass is 32.1. The van der Waals surface area contributed by atoms with Crippen molar-refractivity contribution in [1.82, 2.24) is 23.9 Å². The molecule has 0 spiro atoms. The molecule has 0 saturated heterocycles. The van der Waals surface area contributed by atoms with E-state index in [1.165, 1.54) is 53.6 Å². The lowest BCUT2D eigenvalue weighted by Gasteiger charge is -2.13. The van der Waals surface area contributed by atoms with E-state index in [-0.39, 0.29) is 0 Å². The molecule has 0 fully saturated rings. The van der Waals surface area contributed by atoms with Gasteiger partial charge in [-0.2, -0.15) is 0 Å². The molecular formula is C51H29N5S. The predicted molar refractivity (Wildman–Crippen MR) is 238 cm³/mol. The van der Waals surface area contributed by atoms with Crippen LogP contribution in [0.15, 0.2) is 176 Å². The first kappa shape index (κ1) is 30.9. The largest absolute Gasteiger partial charge is 0.308 e. The van der Waals surface area contributed by atoms with Crippen LogP contribution < -0.4 is 0 Å². The van der Waals surface area contributed by atoms with E-state index in [9.17, 15) is 0 Å². The second kappa shape index (κ2) is 11.6. The molecule has 13 aromatic rings. The zero-order chi connectivity index (χ0) is 37.2. The summed E-state index contributed by atoms with van der Waals surface area (Å²) in [5.41, 5.74) is 12.3. The van der Waals surface area contributed by atoms with E-state index in [0.717, 1.165) is 60.5 Å². The number of fused-ring (bicyclic) bond motifs is 12. The minimum atomic E-state index is 0.695. The van der Waals surface area contributed by atoms with Crippen molar-refractivity contribution in [2.45, 2.75) is 0 Å². The van der Waals surface area contributed by atoms with Gasteiger partial charge in [0.15, 0.2) is 5.82 Å². The molecule has 8 aromatic carbocycles. The van der Waals surface area contributed by atoms with E-state index < -0.39 is 0 Å². The number of para-hydroxylation sites is 4. The normalized spacial score (nSPS) is 12.2. The minimum Gasteiger partial charge on any atom is -0.308 e. The van der Waals surface area contributed by atoms with Crippen molar-refractivity contribution in [3.63, 3.8) is 0 Å². The molecule has 0 unspecified atom stereocenters. The van der Waals surface area contributed by atoms with Crippen LogP contribution in [0, 0.1) is 0 Å². The van der Waals surface area contributed by atoms with Crippen LogP contribution in [0.25, 0.3) is 120 Å². The standard InChI is InChI=1S/C51H29N5S/c1-2-13-30(14-3-1)51-53-41-29-38-36-19-7-9-22-42(36)55-45-26-25-32(28-39(45)46(47(38)55)48(41)57-51)31-15-12-16-33(27-31)49-52-40-21-8-4-20-37(40)50(54-49)56-43-23-10-5-17-34(43)35-18-6-11-24-44(35)56/h1-29H. The Kier molecular flexibility index (Phi) is 6.26. The average molecular weight is 744 g/mol. The molecule has 0 amide bonds. The Balaban J connectivity index is 1.02. The summed E-state index contributed by atoms with van der Waals surface area (Å²) in [5.74, 6) is 1.57. The molecule has 0 radical (unpaired) electrons. The first-order chi connectivity index (χ1) is 28.3. The molecule has 13 rings (SSSR count). The summed E-state index contributed by atoms with van der Waals surface area (Å²) in [5, 5.41) is 9.45. The summed E-state index contributed by atoms with van der Waals surface area (Å²) in [4.78, 5) is 15.8. The lowest BCUT2D eigenvalue weighted by Crippen LogP contribution is -2.02. The number of benzene rings is 8. The van der Waals surface area contributed by atoms with Crippen molar-refractivity contribution in [2.75, 3.05) is 0 Å². The Labute approximate surface area is 329 Å². The van der Waals surface area contributed by atoms with Gasteiger partial charge in [-0.15, -0.1) is 11.3 Å². The smallest absolute Gasteiger partial charge is 0.162 e. The number of thiazole rings is 1. The van der Waals surface area contributed by atoms with Crippen LogP contribution in [0.4, 0.5) is 0 Å². The molecule has 0 aliphatic rings. The lowest BCUT2D eigenvalue weighted by molar-refractivity contribution is 1.08. The number of hydrogen-bond acceptors (Lipinski definition) is 4. The van der Waals surface area contributed by atoms with Crippen LogP contribution in [0.5, 0.6) is 0 Å². The van der Waals surface area contributed by atoms with Gasteiger partial charge >= 0.3 is 0 Å². The van der Waals surface area contributed by atoms with E-state index in [0.29, 0.717) is 5.82 Å². The fourth-order valence-electron chi connectivity index (χ4n) is 9.17. The van der Waals surface area contributed by atoms with Gasteiger partial charge in [0, 0.05) is 48.8 Å². The number of nitrogens with zero attached hydrogens (tertiary/aromatic N) is 5. The van der Waals surface area contributed by atoms with Gasteiger partial charge in [0.05, 0.1) is 43.3 Å². The Bertz CT molecular complexity index is 3710. The summed E-state index contributed by atoms with van der Waals surface area (Å²) < 4.78 is 5.97. The van der Waals surface area contributed by atoms with Crippen LogP contribution in [-0.2, 0) is 0 Å². The van der Waals surface area contributed by atoms with Crippen molar-refractivity contribution in [2.24, 2.45) is 0 Å². The number of aromatic nitrogens is 5. The van der Waals surface area contributed by atoms with Gasteiger partial charge in [-0.1, -0.05) is 121 Å². The molecule has 0 N–H and O–H groups in total. The zero-order valence-electron chi connectivity index (χ0n) is 30.4. The molecule has 0 bridgehead atoms. The van der Waals surface area contributed by atoms with Gasteiger partial charge < -0.3 is 4.40 Å². The summed E-state index contributed by atoms with van der Waals surface area (Å²) in [7, 11) is 0. The van der Waals surface area contributed by atoms with E-state index in [4.69, 9.17) is 15.0 Å². The maximum atomic E-state index is 5.39. The van der Waals surface area contributed by atoms with Crippen molar-refractivity contribution in [1.29, 1.82) is 0 Å². The van der Waals surface area contributed by atoms with Crippen molar-refractivity contribution >= 4 is 92.4 Å². The van der Waals surface area contributed by atoms with E-state index in [2.05, 4.69) is 185 Å². The second-order valence-electron chi connectivity index (χ2n) is 14.8. The summed E-state index contributed by atoms with van der Waals surface area (Å²) >= 11 is 1.78. The third-order valence-corrected chi connectivity index (χ3v) is 12.8. The Hall–Kier alpha value is -7.41. The van der Waals surface area contributed by atoms with Crippen LogP contribution >= 0.6 is 11.3 Å². The topological polar surface area (TPSA) is 48.0 Å². The molecule has 0 atom stereocenters. The minimum absolute atomic E-state index is 0.695. The average Bonchev–Trinajstić information content (AvgIpc) is 4.03. The van der Waals surface area contributed by atoms with Gasteiger partial charge in [0.25, 0.3) is 0 Å². The molecule has 0 aliphatic carbocycles. The molecule has 5 nitrogen and oxygen atoms in total. The van der Waals surface area contributed by atoms with Gasteiger partial charge in [0.2, 0.25) is 0 Å². The number of rotatable bonds is 4. The lowest BCUT2D eigenvalue weighted by atomic mass is 9.99. The summed E-state index contributed by atoms with van der Waals surface area (Å²) in [6.07, 6.45) is 0. The Morgan fingerprint density at radius 2 is 1.00 bits per heavy atom. The SMILES string of the molecule is c1ccc(-c2nc3cc4c5ccccc5n5c6ccc(-c7cccc(-c8nc(-n9c%10ccccc%10c%10ccccc%109)c9ccccc9n8)c7)cc6c(c3s2)c45)cc1. The monoisotopic (exact) mass is 743 g/mol. The maximum Gasteiger partial charge on any atom is 0.162 e. The Morgan fingerprint density at radius 1 is 0.386 bits per heavy atom. The van der Waals surface area contributed by atoms with Crippen LogP contribution in [0.1, 0.15) is 0 Å². The fourth-order valence-corrected chi connectivity index (χ4v) is 10.3. The first-order valence-corrected chi connectivity index (χ1v) is 20.0. The van der Waals surface area contributed by atoms with Crippen LogP contribution in [-0.4, -0.2) is 23.9 Å². The quantitative estimate of drug-likeness (QED) is 0.180. The molecule has 5 aromatic heterocycles. The van der Waals surface area contributed by atoms with Gasteiger partial charge in [-0.25, -0.2) is 15.0 Å². The van der Waals surface area contributed by atoms with E-state index in [1.807, 2.05) is 0 Å². The first-order valence-electron chi connectivity index (χ1n) is 19.2. The van der Waals surface area contributed by atoms with Gasteiger partial charge in [-0.3, -0.25) is 4.57 Å². The van der Waals surface area contributed by atoms with Crippen LogP contribution in [0.2, 0.25) is 0 Å². The third-order valence-electron chi connectivity index (χ3n) is 11.7. The molecule has 5 heterocycles. The van der Waals surface area contributed by atoms with Crippen molar-refractivity contribution in [3.05, 3.63) is 176 Å². The van der Waals surface area contributed by atoms with Crippen molar-refractivity contribution < 1.29 is 0 Å².